The van der Waals surface area contributed by atoms with Crippen molar-refractivity contribution in [3.63, 3.8) is 0 Å². The Balaban J connectivity index is 0.000000335. The van der Waals surface area contributed by atoms with Crippen LogP contribution < -0.4 is 5.19 Å². The minimum absolute atomic E-state index is 0. The van der Waals surface area contributed by atoms with E-state index in [-0.39, 0.29) is 20.1 Å². The summed E-state index contributed by atoms with van der Waals surface area (Å²) in [4.78, 5) is 9.39. The van der Waals surface area contributed by atoms with Gasteiger partial charge in [0.2, 0.25) is 0 Å². The zero-order valence-electron chi connectivity index (χ0n) is 30.2. The molecule has 3 heterocycles. The van der Waals surface area contributed by atoms with Gasteiger partial charge in [-0.2, -0.15) is 0 Å². The molecule has 3 aromatic heterocycles. The smallest absolute Gasteiger partial charge is 0.123 e. The third kappa shape index (κ3) is 7.69. The second-order valence-electron chi connectivity index (χ2n) is 15.3. The summed E-state index contributed by atoms with van der Waals surface area (Å²) in [7, 11) is -3.33. The fourth-order valence-electron chi connectivity index (χ4n) is 8.18. The van der Waals surface area contributed by atoms with Crippen LogP contribution in [0.2, 0.25) is 52.4 Å². The molecule has 0 aliphatic carbocycles. The molecule has 0 amide bonds. The molecule has 0 bridgehead atoms. The van der Waals surface area contributed by atoms with Gasteiger partial charge in [-0.1, -0.05) is 120 Å². The maximum atomic E-state index is 6.18. The van der Waals surface area contributed by atoms with Gasteiger partial charge >= 0.3 is 0 Å². The van der Waals surface area contributed by atoms with E-state index in [0.29, 0.717) is 5.92 Å². The molecular weight excluding hydrogens is 829 g/mol. The molecular formula is C40H49IrN2OSi4-2. The fourth-order valence-corrected chi connectivity index (χ4v) is 88.0. The molecule has 0 saturated carbocycles. The monoisotopic (exact) mass is 878 g/mol. The Morgan fingerprint density at radius 2 is 1.42 bits per heavy atom. The Hall–Kier alpha value is -2.72. The molecule has 0 N–H and O–H groups in total. The molecule has 0 aliphatic rings. The summed E-state index contributed by atoms with van der Waals surface area (Å²) in [5.74, 6) is 0.616. The van der Waals surface area contributed by atoms with Crippen LogP contribution in [0.25, 0.3) is 44.5 Å². The van der Waals surface area contributed by atoms with E-state index in [9.17, 15) is 0 Å². The van der Waals surface area contributed by atoms with Crippen molar-refractivity contribution < 1.29 is 24.5 Å². The normalized spacial score (nSPS) is 12.2. The first kappa shape index (κ1) is 38.1. The third-order valence-electron chi connectivity index (χ3n) is 9.26. The number of para-hydroxylation sites is 1. The Bertz CT molecular complexity index is 1890. The third-order valence-corrected chi connectivity index (χ3v) is 72.9. The van der Waals surface area contributed by atoms with E-state index in [1.165, 1.54) is 0 Å². The van der Waals surface area contributed by atoms with E-state index in [4.69, 9.17) is 9.40 Å². The predicted molar refractivity (Wildman–Crippen MR) is 212 cm³/mol. The molecule has 0 aliphatic heterocycles. The summed E-state index contributed by atoms with van der Waals surface area (Å²) in [6.07, 6.45) is 5.25. The molecule has 2 radical (unpaired) electrons. The van der Waals surface area contributed by atoms with Gasteiger partial charge in [0.05, 0.1) is 12.2 Å². The summed E-state index contributed by atoms with van der Waals surface area (Å²) < 4.78 is 6.18. The van der Waals surface area contributed by atoms with E-state index >= 15 is 0 Å². The number of pyridine rings is 2. The molecule has 6 rings (SSSR count). The van der Waals surface area contributed by atoms with Crippen LogP contribution in [0.3, 0.4) is 0 Å². The minimum Gasteiger partial charge on any atom is -0.476 e. The predicted octanol–water partition coefficient (Wildman–Crippen LogP) is 10.5. The van der Waals surface area contributed by atoms with Gasteiger partial charge in [0.1, 0.15) is 5.58 Å². The molecule has 6 aromatic rings. The Labute approximate surface area is 306 Å². The number of hydrogen-bond donors (Lipinski definition) is 0. The SMILES string of the molecule is CC(C)Cc1cc(-c2[c-]cc3c(c2)oc2ccccc23)ncc1[Si]([Si](C)C)([Si](C)(C)C)[Si](C)(C)C.[Ir].[c-]1ccccc1-c1ccccn1. The first-order valence-electron chi connectivity index (χ1n) is 16.8. The number of aromatic nitrogens is 2. The number of benzene rings is 3. The van der Waals surface area contributed by atoms with Gasteiger partial charge in [-0.25, -0.2) is 0 Å². The standard InChI is InChI=1S/C29H41NOSi4.C11H8N.Ir/c1-21(2)17-23-18-26(22-15-16-25-24-13-11-12-14-27(24)31-28(25)19-22)30-20-29(23)35(32(3)4,33(5,6)7)34(8,9)10;1-2-6-10(7-3-1)11-8-4-5-9-12-11;/h11-14,16,18-21H,17H2,1-10H3;1-6,8-9H;/q2*-1;. The molecule has 3 nitrogen and oxygen atoms in total. The Morgan fingerprint density at radius 1 is 0.729 bits per heavy atom. The van der Waals surface area contributed by atoms with Crippen molar-refractivity contribution >= 4 is 57.2 Å². The number of fused-ring (bicyclic) bond motifs is 3. The topological polar surface area (TPSA) is 38.9 Å². The molecule has 48 heavy (non-hydrogen) atoms. The van der Waals surface area contributed by atoms with E-state index in [0.717, 1.165) is 50.9 Å². The maximum Gasteiger partial charge on any atom is 0.123 e. The van der Waals surface area contributed by atoms with Crippen molar-refractivity contribution in [1.29, 1.82) is 0 Å². The fraction of sp³-hybridized carbons (Fsp3) is 0.300. The Morgan fingerprint density at radius 3 is 2.02 bits per heavy atom. The second kappa shape index (κ2) is 15.4. The van der Waals surface area contributed by atoms with Crippen molar-refractivity contribution in [2.45, 2.75) is 72.6 Å². The van der Waals surface area contributed by atoms with E-state index < -0.39 is 30.1 Å². The van der Waals surface area contributed by atoms with Crippen LogP contribution in [-0.4, -0.2) is 40.1 Å². The van der Waals surface area contributed by atoms with Crippen molar-refractivity contribution in [3.8, 4) is 22.5 Å². The minimum atomic E-state index is -1.66. The molecule has 0 atom stereocenters. The number of rotatable bonds is 8. The van der Waals surface area contributed by atoms with Crippen LogP contribution in [0.4, 0.5) is 0 Å². The van der Waals surface area contributed by atoms with Crippen LogP contribution in [0, 0.1) is 18.1 Å². The largest absolute Gasteiger partial charge is 0.476 e. The van der Waals surface area contributed by atoms with Crippen molar-refractivity contribution in [2.75, 3.05) is 0 Å². The van der Waals surface area contributed by atoms with E-state index in [2.05, 4.69) is 120 Å². The number of hydrogen-bond acceptors (Lipinski definition) is 3. The van der Waals surface area contributed by atoms with E-state index in [1.54, 1.807) is 16.9 Å². The van der Waals surface area contributed by atoms with Gasteiger partial charge in [0.15, 0.2) is 0 Å². The number of furan rings is 1. The molecule has 0 unspecified atom stereocenters. The summed E-state index contributed by atoms with van der Waals surface area (Å²) in [6.45, 7) is 24.2. The summed E-state index contributed by atoms with van der Waals surface area (Å²) >= 11 is 0. The molecule has 252 valence electrons. The quantitative estimate of drug-likeness (QED) is 0.113. The first-order chi connectivity index (χ1) is 22.2. The summed E-state index contributed by atoms with van der Waals surface area (Å²) in [6, 6.07) is 35.2. The van der Waals surface area contributed by atoms with Crippen molar-refractivity contribution in [3.05, 3.63) is 115 Å². The maximum absolute atomic E-state index is 6.18. The molecule has 3 aromatic carbocycles. The van der Waals surface area contributed by atoms with Gasteiger partial charge in [-0.05, 0) is 46.4 Å². The average molecular weight is 878 g/mol. The molecule has 0 spiro atoms. The first-order valence-corrected chi connectivity index (χ1v) is 31.3. The summed E-state index contributed by atoms with van der Waals surface area (Å²) in [5.41, 5.74) is 7.47. The van der Waals surface area contributed by atoms with Crippen LogP contribution in [0.5, 0.6) is 0 Å². The van der Waals surface area contributed by atoms with Crippen molar-refractivity contribution in [1.82, 2.24) is 9.97 Å². The van der Waals surface area contributed by atoms with Crippen LogP contribution >= 0.6 is 0 Å². The molecule has 0 fully saturated rings. The zero-order valence-corrected chi connectivity index (χ0v) is 36.6. The average Bonchev–Trinajstić information content (AvgIpc) is 3.39. The Kier molecular flexibility index (Phi) is 12.3. The van der Waals surface area contributed by atoms with Crippen LogP contribution in [-0.2, 0) is 26.5 Å². The van der Waals surface area contributed by atoms with Gasteiger partial charge in [0.25, 0.3) is 0 Å². The van der Waals surface area contributed by atoms with Crippen LogP contribution in [0.1, 0.15) is 19.4 Å². The van der Waals surface area contributed by atoms with Gasteiger partial charge < -0.3 is 14.4 Å². The van der Waals surface area contributed by atoms with Crippen LogP contribution in [0.15, 0.2) is 102 Å². The number of nitrogens with zero attached hydrogens (tertiary/aromatic N) is 2. The van der Waals surface area contributed by atoms with Crippen molar-refractivity contribution in [2.24, 2.45) is 5.92 Å². The summed E-state index contributed by atoms with van der Waals surface area (Å²) in [5, 5.41) is 3.98. The second-order valence-corrected chi connectivity index (χ2v) is 51.6. The zero-order chi connectivity index (χ0) is 34.0. The van der Waals surface area contributed by atoms with E-state index in [1.807, 2.05) is 54.6 Å². The molecule has 0 saturated heterocycles. The van der Waals surface area contributed by atoms with Gasteiger partial charge in [-0.15, -0.1) is 53.6 Å². The van der Waals surface area contributed by atoms with Gasteiger partial charge in [0, 0.05) is 56.0 Å². The van der Waals surface area contributed by atoms with Gasteiger partial charge in [-0.3, -0.25) is 0 Å². The molecule has 8 heteroatoms.